The summed E-state index contributed by atoms with van der Waals surface area (Å²) in [5, 5.41) is 18.9. The summed E-state index contributed by atoms with van der Waals surface area (Å²) in [6, 6.07) is 14.8. The fraction of sp³-hybridized carbons (Fsp3) is 0.211. The van der Waals surface area contributed by atoms with E-state index in [0.717, 1.165) is 11.1 Å². The van der Waals surface area contributed by atoms with Gasteiger partial charge in [0, 0.05) is 11.9 Å². The largest absolute Gasteiger partial charge is 0.497 e. The number of benzene rings is 2. The van der Waals surface area contributed by atoms with Crippen LogP contribution in [0.3, 0.4) is 0 Å². The molecule has 0 saturated carbocycles. The number of fused-ring (bicyclic) bond motifs is 1. The second-order valence-corrected chi connectivity index (χ2v) is 5.56. The zero-order chi connectivity index (χ0) is 17.8. The Labute approximate surface area is 145 Å². The van der Waals surface area contributed by atoms with Crippen molar-refractivity contribution in [1.82, 2.24) is 4.57 Å². The number of carbonyl (C=O) groups is 1. The number of aromatic hydroxyl groups is 1. The number of aryl methyl sites for hydroxylation is 1. The highest BCUT2D eigenvalue weighted by molar-refractivity contribution is 5.96. The summed E-state index contributed by atoms with van der Waals surface area (Å²) in [4.78, 5) is 12.1. The van der Waals surface area contributed by atoms with Crippen molar-refractivity contribution in [2.24, 2.45) is 10.2 Å². The Bertz CT molecular complexity index is 930. The van der Waals surface area contributed by atoms with Crippen LogP contribution in [0.5, 0.6) is 11.6 Å². The number of rotatable bonds is 5. The molecule has 1 amide bonds. The number of carbonyl (C=O) groups excluding carboxylic acids is 1. The number of ether oxygens (including phenoxy) is 1. The summed E-state index contributed by atoms with van der Waals surface area (Å²) in [6.45, 7) is 2.49. The molecule has 0 saturated heterocycles. The van der Waals surface area contributed by atoms with E-state index in [1.807, 2.05) is 49.4 Å². The van der Waals surface area contributed by atoms with Crippen LogP contribution in [0.1, 0.15) is 12.5 Å². The van der Waals surface area contributed by atoms with Crippen LogP contribution < -0.4 is 4.74 Å². The van der Waals surface area contributed by atoms with E-state index in [1.165, 1.54) is 0 Å². The molecule has 3 rings (SSSR count). The van der Waals surface area contributed by atoms with Gasteiger partial charge in [0.2, 0.25) is 5.88 Å². The third-order valence-electron chi connectivity index (χ3n) is 3.99. The summed E-state index contributed by atoms with van der Waals surface area (Å²) in [5.41, 5.74) is 1.95. The minimum Gasteiger partial charge on any atom is -0.497 e. The summed E-state index contributed by atoms with van der Waals surface area (Å²) in [6.07, 6.45) is 0.168. The number of hydrogen-bond donors (Lipinski definition) is 1. The first-order valence-corrected chi connectivity index (χ1v) is 8.01. The van der Waals surface area contributed by atoms with E-state index in [1.54, 1.807) is 17.7 Å². The van der Waals surface area contributed by atoms with Gasteiger partial charge in [0.15, 0.2) is 5.69 Å². The smallest absolute Gasteiger partial charge is 0.269 e. The number of aromatic nitrogens is 1. The van der Waals surface area contributed by atoms with Crippen LogP contribution in [0.15, 0.2) is 58.8 Å². The molecule has 0 atom stereocenters. The van der Waals surface area contributed by atoms with Gasteiger partial charge < -0.3 is 14.4 Å². The molecular formula is C19H19N3O3. The highest BCUT2D eigenvalue weighted by Gasteiger charge is 2.17. The van der Waals surface area contributed by atoms with Crippen molar-refractivity contribution in [3.63, 3.8) is 0 Å². The predicted octanol–water partition coefficient (Wildman–Crippen LogP) is 4.23. The topological polar surface area (TPSA) is 76.2 Å². The average Bonchev–Trinajstić information content (AvgIpc) is 2.90. The van der Waals surface area contributed by atoms with Gasteiger partial charge in [-0.2, -0.15) is 0 Å². The van der Waals surface area contributed by atoms with E-state index >= 15 is 0 Å². The standard InChI is InChI=1S/C19H19N3O3/c1-3-22-16-10-9-14(25-2)12-15(16)18(19(22)24)21-20-17(23)11-13-7-5-4-6-8-13/h4-10,12,24H,3,11H2,1-2H3. The molecule has 128 valence electrons. The van der Waals surface area contributed by atoms with Gasteiger partial charge in [0.1, 0.15) is 5.75 Å². The Morgan fingerprint density at radius 2 is 1.96 bits per heavy atom. The second-order valence-electron chi connectivity index (χ2n) is 5.56. The normalized spacial score (nSPS) is 11.3. The van der Waals surface area contributed by atoms with Crippen molar-refractivity contribution >= 4 is 22.5 Å². The third-order valence-corrected chi connectivity index (χ3v) is 3.99. The lowest BCUT2D eigenvalue weighted by Gasteiger charge is -2.02. The van der Waals surface area contributed by atoms with Crippen molar-refractivity contribution in [3.05, 3.63) is 54.1 Å². The Morgan fingerprint density at radius 1 is 1.20 bits per heavy atom. The number of amides is 1. The Kier molecular flexibility index (Phi) is 4.79. The van der Waals surface area contributed by atoms with Crippen LogP contribution in [0.4, 0.5) is 5.69 Å². The Hall–Kier alpha value is -3.15. The quantitative estimate of drug-likeness (QED) is 0.708. The Morgan fingerprint density at radius 3 is 2.64 bits per heavy atom. The van der Waals surface area contributed by atoms with Crippen molar-refractivity contribution in [3.8, 4) is 11.6 Å². The minimum atomic E-state index is -0.370. The summed E-state index contributed by atoms with van der Waals surface area (Å²) in [5.74, 6) is 0.265. The van der Waals surface area contributed by atoms with E-state index in [4.69, 9.17) is 4.74 Å². The van der Waals surface area contributed by atoms with E-state index in [9.17, 15) is 9.90 Å². The molecule has 1 N–H and O–H groups in total. The van der Waals surface area contributed by atoms with Crippen molar-refractivity contribution < 1.29 is 14.6 Å². The molecule has 0 bridgehead atoms. The van der Waals surface area contributed by atoms with Crippen LogP contribution in [0, 0.1) is 0 Å². The third kappa shape index (κ3) is 3.38. The maximum atomic E-state index is 12.1. The average molecular weight is 337 g/mol. The number of hydrogen-bond acceptors (Lipinski definition) is 4. The monoisotopic (exact) mass is 337 g/mol. The van der Waals surface area contributed by atoms with Gasteiger partial charge in [-0.15, -0.1) is 10.2 Å². The van der Waals surface area contributed by atoms with Gasteiger partial charge in [0.05, 0.1) is 19.0 Å². The Balaban J connectivity index is 1.94. The van der Waals surface area contributed by atoms with Crippen LogP contribution in [0.2, 0.25) is 0 Å². The molecule has 1 aromatic heterocycles. The lowest BCUT2D eigenvalue weighted by atomic mass is 10.1. The molecule has 0 unspecified atom stereocenters. The van der Waals surface area contributed by atoms with Gasteiger partial charge in [-0.05, 0) is 30.7 Å². The molecule has 6 nitrogen and oxygen atoms in total. The molecule has 1 heterocycles. The first-order valence-electron chi connectivity index (χ1n) is 8.01. The molecule has 0 fully saturated rings. The van der Waals surface area contributed by atoms with E-state index in [-0.39, 0.29) is 23.9 Å². The summed E-state index contributed by atoms with van der Waals surface area (Å²) < 4.78 is 6.95. The fourth-order valence-corrected chi connectivity index (χ4v) is 2.76. The van der Waals surface area contributed by atoms with Crippen molar-refractivity contribution in [2.45, 2.75) is 19.9 Å². The highest BCUT2D eigenvalue weighted by atomic mass is 16.5. The van der Waals surface area contributed by atoms with Gasteiger partial charge in [-0.25, -0.2) is 0 Å². The summed E-state index contributed by atoms with van der Waals surface area (Å²) >= 11 is 0. The maximum absolute atomic E-state index is 12.1. The molecule has 0 aliphatic carbocycles. The molecule has 25 heavy (non-hydrogen) atoms. The molecule has 0 aliphatic rings. The minimum absolute atomic E-state index is 0.0120. The van der Waals surface area contributed by atoms with E-state index < -0.39 is 0 Å². The SMILES string of the molecule is CCn1c(O)c(N=NC(=O)Cc2ccccc2)c2cc(OC)ccc21. The fourth-order valence-electron chi connectivity index (χ4n) is 2.76. The van der Waals surface area contributed by atoms with Crippen molar-refractivity contribution in [1.29, 1.82) is 0 Å². The zero-order valence-corrected chi connectivity index (χ0v) is 14.1. The van der Waals surface area contributed by atoms with Gasteiger partial charge in [-0.1, -0.05) is 30.3 Å². The molecule has 0 radical (unpaired) electrons. The maximum Gasteiger partial charge on any atom is 0.269 e. The zero-order valence-electron chi connectivity index (χ0n) is 14.1. The molecule has 3 aromatic rings. The lowest BCUT2D eigenvalue weighted by molar-refractivity contribution is -0.117. The summed E-state index contributed by atoms with van der Waals surface area (Å²) in [7, 11) is 1.57. The van der Waals surface area contributed by atoms with Crippen LogP contribution in [0.25, 0.3) is 10.9 Å². The van der Waals surface area contributed by atoms with Crippen LogP contribution in [-0.2, 0) is 17.8 Å². The van der Waals surface area contributed by atoms with Crippen LogP contribution in [-0.4, -0.2) is 22.7 Å². The number of azo groups is 1. The van der Waals surface area contributed by atoms with E-state index in [0.29, 0.717) is 17.7 Å². The molecular weight excluding hydrogens is 318 g/mol. The molecule has 6 heteroatoms. The lowest BCUT2D eigenvalue weighted by Crippen LogP contribution is -1.97. The van der Waals surface area contributed by atoms with Crippen molar-refractivity contribution in [2.75, 3.05) is 7.11 Å². The molecule has 0 spiro atoms. The predicted molar refractivity (Wildman–Crippen MR) is 95.5 cm³/mol. The first-order chi connectivity index (χ1) is 12.1. The van der Waals surface area contributed by atoms with Gasteiger partial charge in [-0.3, -0.25) is 4.79 Å². The van der Waals surface area contributed by atoms with Crippen LogP contribution >= 0.6 is 0 Å². The van der Waals surface area contributed by atoms with E-state index in [2.05, 4.69) is 10.2 Å². The number of methoxy groups -OCH3 is 1. The number of nitrogens with zero attached hydrogens (tertiary/aromatic N) is 3. The van der Waals surface area contributed by atoms with Gasteiger partial charge in [0.25, 0.3) is 5.91 Å². The molecule has 0 aliphatic heterocycles. The first kappa shape index (κ1) is 16.7. The van der Waals surface area contributed by atoms with Gasteiger partial charge >= 0.3 is 0 Å². The molecule has 2 aromatic carbocycles. The highest BCUT2D eigenvalue weighted by Crippen LogP contribution is 2.40. The second kappa shape index (κ2) is 7.17.